The summed E-state index contributed by atoms with van der Waals surface area (Å²) in [5, 5.41) is 0. The minimum absolute atomic E-state index is 0.00258. The summed E-state index contributed by atoms with van der Waals surface area (Å²) < 4.78 is 13.4. The lowest BCUT2D eigenvalue weighted by Crippen LogP contribution is -2.44. The van der Waals surface area contributed by atoms with E-state index in [9.17, 15) is 14.0 Å². The van der Waals surface area contributed by atoms with Crippen LogP contribution in [0.15, 0.2) is 60.7 Å². The number of aryl methyl sites for hydroxylation is 2. The quantitative estimate of drug-likeness (QED) is 0.346. The summed E-state index contributed by atoms with van der Waals surface area (Å²) in [6, 6.07) is 17.7. The molecule has 0 radical (unpaired) electrons. The monoisotopic (exact) mass is 480 g/mol. The van der Waals surface area contributed by atoms with Crippen LogP contribution in [0, 0.1) is 25.6 Å². The van der Waals surface area contributed by atoms with Crippen LogP contribution >= 0.6 is 11.3 Å². The molecule has 34 heavy (non-hydrogen) atoms. The van der Waals surface area contributed by atoms with E-state index in [1.807, 2.05) is 50.2 Å². The maximum atomic E-state index is 13.6. The van der Waals surface area contributed by atoms with Crippen molar-refractivity contribution in [2.75, 3.05) is 13.1 Å². The van der Waals surface area contributed by atoms with Crippen molar-refractivity contribution in [1.29, 1.82) is 0 Å². The molecule has 0 aliphatic heterocycles. The van der Waals surface area contributed by atoms with Gasteiger partial charge in [0.15, 0.2) is 0 Å². The summed E-state index contributed by atoms with van der Waals surface area (Å²) >= 11 is 1.65. The van der Waals surface area contributed by atoms with E-state index in [4.69, 9.17) is 0 Å². The summed E-state index contributed by atoms with van der Waals surface area (Å²) in [6.45, 7) is 9.50. The third-order valence-corrected chi connectivity index (χ3v) is 6.91. The molecule has 0 fully saturated rings. The van der Waals surface area contributed by atoms with Gasteiger partial charge in [-0.15, -0.1) is 11.3 Å². The van der Waals surface area contributed by atoms with Crippen LogP contribution in [0.4, 0.5) is 4.39 Å². The van der Waals surface area contributed by atoms with Crippen LogP contribution < -0.4 is 0 Å². The first-order valence-corrected chi connectivity index (χ1v) is 12.5. The Labute approximate surface area is 206 Å². The van der Waals surface area contributed by atoms with Gasteiger partial charge in [-0.1, -0.05) is 50.1 Å². The predicted octanol–water partition coefficient (Wildman–Crippen LogP) is 6.22. The summed E-state index contributed by atoms with van der Waals surface area (Å²) in [7, 11) is 0. The van der Waals surface area contributed by atoms with Crippen LogP contribution in [0.3, 0.4) is 0 Å². The van der Waals surface area contributed by atoms with Gasteiger partial charge >= 0.3 is 0 Å². The van der Waals surface area contributed by atoms with E-state index in [1.54, 1.807) is 33.3 Å². The Bertz CT molecular complexity index is 1090. The van der Waals surface area contributed by atoms with Crippen molar-refractivity contribution in [3.8, 4) is 0 Å². The first-order valence-electron chi connectivity index (χ1n) is 11.7. The van der Waals surface area contributed by atoms with Gasteiger partial charge in [0.1, 0.15) is 12.4 Å². The highest BCUT2D eigenvalue weighted by Gasteiger charge is 2.24. The zero-order valence-corrected chi connectivity index (χ0v) is 21.2. The molecule has 0 N–H and O–H groups in total. The number of hydrogen-bond acceptors (Lipinski definition) is 3. The van der Waals surface area contributed by atoms with Crippen molar-refractivity contribution >= 4 is 23.2 Å². The van der Waals surface area contributed by atoms with Crippen LogP contribution in [-0.4, -0.2) is 34.7 Å². The van der Waals surface area contributed by atoms with Crippen molar-refractivity contribution in [2.24, 2.45) is 5.92 Å². The largest absolute Gasteiger partial charge is 0.332 e. The molecule has 0 bridgehead atoms. The van der Waals surface area contributed by atoms with E-state index in [2.05, 4.69) is 13.8 Å². The molecular formula is C28H33FN2O2S. The maximum Gasteiger partial charge on any atom is 0.254 e. The van der Waals surface area contributed by atoms with Crippen molar-refractivity contribution in [2.45, 2.75) is 47.2 Å². The Hall–Kier alpha value is -2.99. The first kappa shape index (κ1) is 25.6. The highest BCUT2D eigenvalue weighted by Crippen LogP contribution is 2.20. The molecule has 0 saturated heterocycles. The molecule has 0 aliphatic rings. The van der Waals surface area contributed by atoms with Gasteiger partial charge in [-0.25, -0.2) is 4.39 Å². The number of benzene rings is 2. The van der Waals surface area contributed by atoms with E-state index >= 15 is 0 Å². The third-order valence-electron chi connectivity index (χ3n) is 5.92. The number of carbonyl (C=O) groups is 2. The fraction of sp³-hybridized carbons (Fsp3) is 0.357. The summed E-state index contributed by atoms with van der Waals surface area (Å²) in [5.74, 6) is -0.298. The van der Waals surface area contributed by atoms with Gasteiger partial charge in [0.05, 0.1) is 6.54 Å². The molecule has 6 heteroatoms. The van der Waals surface area contributed by atoms with E-state index in [0.29, 0.717) is 25.2 Å². The number of carbonyl (C=O) groups excluding carboxylic acids is 2. The number of halogens is 1. The van der Waals surface area contributed by atoms with Crippen LogP contribution in [0.1, 0.15) is 51.5 Å². The van der Waals surface area contributed by atoms with Gasteiger partial charge in [-0.05, 0) is 61.7 Å². The van der Waals surface area contributed by atoms with Crippen molar-refractivity contribution in [1.82, 2.24) is 9.80 Å². The molecule has 1 aromatic heterocycles. The molecule has 1 atom stereocenters. The minimum Gasteiger partial charge on any atom is -0.332 e. The van der Waals surface area contributed by atoms with Crippen molar-refractivity contribution in [3.63, 3.8) is 0 Å². The van der Waals surface area contributed by atoms with Gasteiger partial charge in [-0.3, -0.25) is 9.59 Å². The summed E-state index contributed by atoms with van der Waals surface area (Å²) in [4.78, 5) is 32.6. The summed E-state index contributed by atoms with van der Waals surface area (Å²) in [5.41, 5.74) is 2.51. The average Bonchev–Trinajstić information content (AvgIpc) is 3.24. The van der Waals surface area contributed by atoms with Gasteiger partial charge < -0.3 is 9.80 Å². The SMILES string of the molecule is CC[C@H](C)CN(CC(=O)N(Cc1ccc(F)cc1)Cc1ccc(C)s1)C(=O)c1ccc(C)cc1. The van der Waals surface area contributed by atoms with Gasteiger partial charge in [0, 0.05) is 28.4 Å². The van der Waals surface area contributed by atoms with Crippen LogP contribution in [0.25, 0.3) is 0 Å². The Kier molecular flexibility index (Phi) is 8.99. The van der Waals surface area contributed by atoms with Crippen molar-refractivity contribution in [3.05, 3.63) is 92.9 Å². The third kappa shape index (κ3) is 7.26. The fourth-order valence-corrected chi connectivity index (χ4v) is 4.57. The maximum absolute atomic E-state index is 13.6. The van der Waals surface area contributed by atoms with E-state index in [-0.39, 0.29) is 30.1 Å². The second-order valence-corrected chi connectivity index (χ2v) is 10.3. The van der Waals surface area contributed by atoms with E-state index in [0.717, 1.165) is 22.4 Å². The number of rotatable bonds is 10. The Morgan fingerprint density at radius 2 is 1.59 bits per heavy atom. The summed E-state index contributed by atoms with van der Waals surface area (Å²) in [6.07, 6.45) is 0.916. The van der Waals surface area contributed by atoms with E-state index in [1.165, 1.54) is 17.0 Å². The molecule has 0 aliphatic carbocycles. The van der Waals surface area contributed by atoms with Crippen LogP contribution in [0.2, 0.25) is 0 Å². The number of amides is 2. The highest BCUT2D eigenvalue weighted by molar-refractivity contribution is 7.11. The standard InChI is InChI=1S/C28H33FN2O2S/c1-5-20(2)16-31(28(33)24-11-6-21(3)7-12-24)19-27(32)30(18-26-15-8-22(4)34-26)17-23-9-13-25(29)14-10-23/h6-15,20H,5,16-19H2,1-4H3/t20-/m0/s1. The Morgan fingerprint density at radius 3 is 2.18 bits per heavy atom. The predicted molar refractivity (Wildman–Crippen MR) is 136 cm³/mol. The molecule has 1 heterocycles. The Morgan fingerprint density at radius 1 is 0.912 bits per heavy atom. The molecular weight excluding hydrogens is 447 g/mol. The smallest absolute Gasteiger partial charge is 0.254 e. The normalized spacial score (nSPS) is 11.8. The average molecular weight is 481 g/mol. The topological polar surface area (TPSA) is 40.6 Å². The van der Waals surface area contributed by atoms with Gasteiger partial charge in [0.2, 0.25) is 5.91 Å². The van der Waals surface area contributed by atoms with E-state index < -0.39 is 0 Å². The van der Waals surface area contributed by atoms with Crippen LogP contribution in [-0.2, 0) is 17.9 Å². The first-order chi connectivity index (χ1) is 16.2. The lowest BCUT2D eigenvalue weighted by Gasteiger charge is -2.29. The molecule has 0 saturated carbocycles. The van der Waals surface area contributed by atoms with Gasteiger partial charge in [-0.2, -0.15) is 0 Å². The lowest BCUT2D eigenvalue weighted by atomic mass is 10.1. The number of hydrogen-bond donors (Lipinski definition) is 0. The second-order valence-electron chi connectivity index (χ2n) is 8.95. The fourth-order valence-electron chi connectivity index (χ4n) is 3.67. The number of nitrogens with zero attached hydrogens (tertiary/aromatic N) is 2. The van der Waals surface area contributed by atoms with Crippen LogP contribution in [0.5, 0.6) is 0 Å². The molecule has 2 aromatic carbocycles. The molecule has 0 unspecified atom stereocenters. The molecule has 3 aromatic rings. The number of thiophene rings is 1. The zero-order valence-electron chi connectivity index (χ0n) is 20.4. The molecule has 4 nitrogen and oxygen atoms in total. The Balaban J connectivity index is 1.83. The minimum atomic E-state index is -0.307. The second kappa shape index (κ2) is 11.9. The molecule has 180 valence electrons. The highest BCUT2D eigenvalue weighted by atomic mass is 32.1. The molecule has 2 amide bonds. The van der Waals surface area contributed by atoms with Crippen molar-refractivity contribution < 1.29 is 14.0 Å². The lowest BCUT2D eigenvalue weighted by molar-refractivity contribution is -0.133. The van der Waals surface area contributed by atoms with Gasteiger partial charge in [0.25, 0.3) is 5.91 Å². The zero-order chi connectivity index (χ0) is 24.7. The molecule has 0 spiro atoms. The molecule has 3 rings (SSSR count).